The monoisotopic (exact) mass is 448 g/mol. The van der Waals surface area contributed by atoms with Crippen molar-refractivity contribution in [3.63, 3.8) is 0 Å². The third-order valence-electron chi connectivity index (χ3n) is 4.24. The molecule has 1 aliphatic rings. The Balaban J connectivity index is 2.06. The summed E-state index contributed by atoms with van der Waals surface area (Å²) in [6.45, 7) is 5.15. The summed E-state index contributed by atoms with van der Waals surface area (Å²) in [6.07, 6.45) is 1.63. The molecule has 0 unspecified atom stereocenters. The quantitative estimate of drug-likeness (QED) is 0.680. The fourth-order valence-corrected chi connectivity index (χ4v) is 6.03. The minimum absolute atomic E-state index is 0.130. The molecule has 0 saturated carbocycles. The van der Waals surface area contributed by atoms with Crippen molar-refractivity contribution in [2.75, 3.05) is 0 Å². The van der Waals surface area contributed by atoms with Gasteiger partial charge in [0.1, 0.15) is 4.90 Å². The minimum Gasteiger partial charge on any atom is -0.367 e. The van der Waals surface area contributed by atoms with Gasteiger partial charge in [-0.05, 0) is 50.1 Å². The largest absolute Gasteiger partial charge is 0.367 e. The van der Waals surface area contributed by atoms with E-state index in [0.717, 1.165) is 9.87 Å². The van der Waals surface area contributed by atoms with Gasteiger partial charge in [-0.2, -0.15) is 5.10 Å². The molecule has 2 aromatic carbocycles. The van der Waals surface area contributed by atoms with Gasteiger partial charge in [-0.25, -0.2) is 12.7 Å². The lowest BCUT2D eigenvalue weighted by atomic mass is 10.2. The van der Waals surface area contributed by atoms with Crippen molar-refractivity contribution in [1.29, 1.82) is 0 Å². The maximum atomic E-state index is 13.6. The van der Waals surface area contributed by atoms with Crippen molar-refractivity contribution in [2.45, 2.75) is 36.3 Å². The Morgan fingerprint density at radius 1 is 1.10 bits per heavy atom. The average Bonchev–Trinajstić information content (AvgIpc) is 2.80. The smallest absolute Gasteiger partial charge is 0.271 e. The van der Waals surface area contributed by atoms with Crippen LogP contribution in [0.3, 0.4) is 0 Å². The van der Waals surface area contributed by atoms with Crippen molar-refractivity contribution in [3.05, 3.63) is 70.4 Å². The number of benzene rings is 2. The molecule has 0 bridgehead atoms. The summed E-state index contributed by atoms with van der Waals surface area (Å²) in [5, 5.41) is 8.25. The molecule has 29 heavy (non-hydrogen) atoms. The molecule has 0 saturated heterocycles. The Morgan fingerprint density at radius 2 is 1.79 bits per heavy atom. The first-order chi connectivity index (χ1) is 13.7. The maximum absolute atomic E-state index is 13.6. The second kappa shape index (κ2) is 8.61. The number of halogens is 1. The maximum Gasteiger partial charge on any atom is 0.271 e. The molecule has 2 aromatic rings. The molecule has 2 N–H and O–H groups in total. The minimum atomic E-state index is -4.03. The van der Waals surface area contributed by atoms with Gasteiger partial charge in [0.25, 0.3) is 10.0 Å². The molecule has 152 valence electrons. The summed E-state index contributed by atoms with van der Waals surface area (Å²) in [7, 11) is -4.03. The van der Waals surface area contributed by atoms with Crippen molar-refractivity contribution < 1.29 is 8.42 Å². The number of rotatable bonds is 5. The molecule has 0 fully saturated rings. The standard InChI is InChI=1S/C20H21ClN4O2S2/c1-13-9-19(18(11-17(13)21)28-12-16-7-5-4-6-8-16)29(26,27)25-15(3)10-14(2)23-24-20(25)22/h4-11H,12H2,1-3H3,(H2,22,24). The van der Waals surface area contributed by atoms with Crippen molar-refractivity contribution in [3.8, 4) is 0 Å². The van der Waals surface area contributed by atoms with Crippen LogP contribution in [0.1, 0.15) is 25.0 Å². The predicted octanol–water partition coefficient (Wildman–Crippen LogP) is 4.54. The Hall–Kier alpha value is -2.29. The van der Waals surface area contributed by atoms with Crippen LogP contribution in [0.25, 0.3) is 0 Å². The lowest BCUT2D eigenvalue weighted by Gasteiger charge is -2.24. The van der Waals surface area contributed by atoms with E-state index in [2.05, 4.69) is 10.2 Å². The normalized spacial score (nSPS) is 14.8. The molecule has 0 aromatic heterocycles. The first kappa shape index (κ1) is 21.4. The molecule has 1 heterocycles. The number of allylic oxidation sites excluding steroid dienone is 2. The van der Waals surface area contributed by atoms with Crippen molar-refractivity contribution in [2.24, 2.45) is 15.9 Å². The number of hydrogen-bond acceptors (Lipinski definition) is 6. The van der Waals surface area contributed by atoms with Crippen LogP contribution < -0.4 is 5.73 Å². The zero-order valence-corrected chi connectivity index (χ0v) is 18.6. The lowest BCUT2D eigenvalue weighted by Crippen LogP contribution is -2.40. The van der Waals surface area contributed by atoms with E-state index >= 15 is 0 Å². The molecule has 0 atom stereocenters. The third kappa shape index (κ3) is 4.66. The molecule has 6 nitrogen and oxygen atoms in total. The second-order valence-corrected chi connectivity index (χ2v) is 9.76. The van der Waals surface area contributed by atoms with Gasteiger partial charge in [0.05, 0.1) is 5.71 Å². The Morgan fingerprint density at radius 3 is 2.48 bits per heavy atom. The summed E-state index contributed by atoms with van der Waals surface area (Å²) in [5.74, 6) is 0.394. The van der Waals surface area contributed by atoms with Crippen LogP contribution in [-0.2, 0) is 15.8 Å². The van der Waals surface area contributed by atoms with Crippen LogP contribution in [0.5, 0.6) is 0 Å². The molecule has 0 spiro atoms. The molecular weight excluding hydrogens is 428 g/mol. The van der Waals surface area contributed by atoms with Crippen molar-refractivity contribution >= 4 is 45.1 Å². The Kier molecular flexibility index (Phi) is 6.36. The number of nitrogens with zero attached hydrogens (tertiary/aromatic N) is 3. The zero-order valence-electron chi connectivity index (χ0n) is 16.3. The molecule has 0 amide bonds. The highest BCUT2D eigenvalue weighted by atomic mass is 35.5. The highest BCUT2D eigenvalue weighted by Crippen LogP contribution is 2.36. The number of thioether (sulfide) groups is 1. The summed E-state index contributed by atoms with van der Waals surface area (Å²) >= 11 is 7.71. The number of guanidine groups is 1. The lowest BCUT2D eigenvalue weighted by molar-refractivity contribution is 0.550. The van der Waals surface area contributed by atoms with Crippen LogP contribution >= 0.6 is 23.4 Å². The van der Waals surface area contributed by atoms with Gasteiger partial charge in [-0.3, -0.25) is 0 Å². The van der Waals surface area contributed by atoms with Gasteiger partial charge in [-0.15, -0.1) is 16.9 Å². The topological polar surface area (TPSA) is 88.1 Å². The van der Waals surface area contributed by atoms with Crippen LogP contribution in [-0.4, -0.2) is 24.4 Å². The first-order valence-corrected chi connectivity index (χ1v) is 11.6. The van der Waals surface area contributed by atoms with Crippen LogP contribution in [0.4, 0.5) is 0 Å². The molecule has 9 heteroatoms. The molecule has 1 aliphatic heterocycles. The summed E-state index contributed by atoms with van der Waals surface area (Å²) in [6, 6.07) is 13.1. The van der Waals surface area contributed by atoms with Gasteiger partial charge in [-0.1, -0.05) is 41.9 Å². The number of aryl methyl sites for hydroxylation is 1. The van der Waals surface area contributed by atoms with E-state index in [1.54, 1.807) is 39.0 Å². The number of sulfonamides is 1. The van der Waals surface area contributed by atoms with E-state index in [9.17, 15) is 8.42 Å². The third-order valence-corrected chi connectivity index (χ3v) is 7.75. The molecular formula is C20H21ClN4O2S2. The molecule has 0 aliphatic carbocycles. The van der Waals surface area contributed by atoms with Gasteiger partial charge in [0, 0.05) is 21.4 Å². The average molecular weight is 449 g/mol. The highest BCUT2D eigenvalue weighted by molar-refractivity contribution is 7.99. The zero-order chi connectivity index (χ0) is 21.2. The van der Waals surface area contributed by atoms with Crippen LogP contribution in [0.15, 0.2) is 74.2 Å². The first-order valence-electron chi connectivity index (χ1n) is 8.78. The molecule has 3 rings (SSSR count). The fourth-order valence-electron chi connectivity index (χ4n) is 2.84. The fraction of sp³-hybridized carbons (Fsp3) is 0.200. The van der Waals surface area contributed by atoms with E-state index in [-0.39, 0.29) is 10.9 Å². The predicted molar refractivity (Wildman–Crippen MR) is 120 cm³/mol. The Bertz CT molecular complexity index is 1130. The van der Waals surface area contributed by atoms with E-state index in [4.69, 9.17) is 17.3 Å². The van der Waals surface area contributed by atoms with Gasteiger partial charge in [0.2, 0.25) is 5.96 Å². The summed E-state index contributed by atoms with van der Waals surface area (Å²) in [5.41, 5.74) is 8.67. The van der Waals surface area contributed by atoms with E-state index in [0.29, 0.717) is 32.6 Å². The SMILES string of the molecule is CC1=CC(C)=NN=C(N)N1S(=O)(=O)c1cc(C)c(Cl)cc1SCc1ccccc1. The van der Waals surface area contributed by atoms with Crippen LogP contribution in [0.2, 0.25) is 5.02 Å². The number of hydrogen-bond donors (Lipinski definition) is 1. The number of nitrogens with two attached hydrogens (primary N) is 1. The van der Waals surface area contributed by atoms with E-state index < -0.39 is 10.0 Å². The molecule has 0 radical (unpaired) electrons. The van der Waals surface area contributed by atoms with Gasteiger partial charge < -0.3 is 5.73 Å². The Labute approximate surface area is 180 Å². The van der Waals surface area contributed by atoms with Crippen LogP contribution in [0, 0.1) is 6.92 Å². The van der Waals surface area contributed by atoms with Gasteiger partial charge >= 0.3 is 0 Å². The summed E-state index contributed by atoms with van der Waals surface area (Å²) < 4.78 is 28.2. The van der Waals surface area contributed by atoms with Gasteiger partial charge in [0.15, 0.2) is 0 Å². The highest BCUT2D eigenvalue weighted by Gasteiger charge is 2.32. The van der Waals surface area contributed by atoms with E-state index in [1.807, 2.05) is 30.3 Å². The van der Waals surface area contributed by atoms with Crippen molar-refractivity contribution in [1.82, 2.24) is 4.31 Å². The van der Waals surface area contributed by atoms with E-state index in [1.165, 1.54) is 11.8 Å². The summed E-state index contributed by atoms with van der Waals surface area (Å²) in [4.78, 5) is 0.678. The second-order valence-electron chi connectivity index (χ2n) is 6.58.